The average molecular weight is 276 g/mol. The van der Waals surface area contributed by atoms with Gasteiger partial charge in [0.2, 0.25) is 0 Å². The van der Waals surface area contributed by atoms with Crippen LogP contribution in [0, 0.1) is 0 Å². The Hall–Kier alpha value is -1.92. The van der Waals surface area contributed by atoms with Gasteiger partial charge in [0.25, 0.3) is 0 Å². The van der Waals surface area contributed by atoms with Crippen LogP contribution in [0.15, 0.2) is 18.3 Å². The van der Waals surface area contributed by atoms with Gasteiger partial charge in [-0.2, -0.15) is 5.10 Å². The first-order valence-corrected chi connectivity index (χ1v) is 6.62. The normalized spacial score (nSPS) is 16.6. The minimum absolute atomic E-state index is 0.109. The first kappa shape index (κ1) is 13.1. The molecule has 0 bridgehead atoms. The Morgan fingerprint density at radius 1 is 1.40 bits per heavy atom. The summed E-state index contributed by atoms with van der Waals surface area (Å²) in [5.74, 6) is -1.04. The molecule has 20 heavy (non-hydrogen) atoms. The molecule has 0 aliphatic carbocycles. The Morgan fingerprint density at radius 2 is 2.15 bits per heavy atom. The van der Waals surface area contributed by atoms with Gasteiger partial charge in [0, 0.05) is 24.8 Å². The van der Waals surface area contributed by atoms with E-state index in [-0.39, 0.29) is 12.2 Å². The third kappa shape index (κ3) is 2.28. The Morgan fingerprint density at radius 3 is 2.80 bits per heavy atom. The minimum Gasteiger partial charge on any atom is -0.478 e. The fourth-order valence-corrected chi connectivity index (χ4v) is 2.60. The zero-order chi connectivity index (χ0) is 14.1. The van der Waals surface area contributed by atoms with Gasteiger partial charge in [-0.05, 0) is 30.5 Å². The van der Waals surface area contributed by atoms with Gasteiger partial charge in [-0.1, -0.05) is 0 Å². The van der Waals surface area contributed by atoms with Crippen LogP contribution in [-0.2, 0) is 11.3 Å². The number of aromatic nitrogens is 2. The number of nitrogens with zero attached hydrogens (tertiary/aromatic N) is 2. The van der Waals surface area contributed by atoms with Crippen LogP contribution in [0.25, 0.3) is 10.9 Å². The molecule has 0 spiro atoms. The van der Waals surface area contributed by atoms with E-state index in [1.54, 1.807) is 6.07 Å². The maximum Gasteiger partial charge on any atom is 0.336 e. The topological polar surface area (TPSA) is 84.6 Å². The third-order valence-electron chi connectivity index (χ3n) is 3.71. The number of aliphatic hydroxyl groups is 1. The smallest absolute Gasteiger partial charge is 0.336 e. The summed E-state index contributed by atoms with van der Waals surface area (Å²) < 4.78 is 7.22. The van der Waals surface area contributed by atoms with E-state index < -0.39 is 5.97 Å². The number of fused-ring (bicyclic) bond motifs is 1. The molecule has 3 rings (SSSR count). The van der Waals surface area contributed by atoms with Crippen LogP contribution >= 0.6 is 0 Å². The van der Waals surface area contributed by atoms with Crippen molar-refractivity contribution in [1.82, 2.24) is 9.78 Å². The van der Waals surface area contributed by atoms with Crippen molar-refractivity contribution in [2.75, 3.05) is 13.2 Å². The highest BCUT2D eigenvalue weighted by Gasteiger charge is 2.18. The van der Waals surface area contributed by atoms with Crippen LogP contribution in [0.1, 0.15) is 34.8 Å². The van der Waals surface area contributed by atoms with Crippen molar-refractivity contribution in [3.05, 3.63) is 29.5 Å². The molecule has 0 atom stereocenters. The molecule has 1 saturated heterocycles. The van der Waals surface area contributed by atoms with E-state index >= 15 is 0 Å². The van der Waals surface area contributed by atoms with Crippen LogP contribution in [0.3, 0.4) is 0 Å². The van der Waals surface area contributed by atoms with Crippen molar-refractivity contribution in [1.29, 1.82) is 0 Å². The second-order valence-electron chi connectivity index (χ2n) is 4.98. The van der Waals surface area contributed by atoms with Gasteiger partial charge in [0.15, 0.2) is 0 Å². The van der Waals surface area contributed by atoms with Crippen molar-refractivity contribution in [2.24, 2.45) is 0 Å². The second kappa shape index (κ2) is 5.22. The molecule has 0 saturated carbocycles. The fraction of sp³-hybridized carbons (Fsp3) is 0.429. The Bertz CT molecular complexity index is 644. The molecular weight excluding hydrogens is 260 g/mol. The molecule has 0 unspecified atom stereocenters. The lowest BCUT2D eigenvalue weighted by Gasteiger charge is -2.22. The first-order chi connectivity index (χ1) is 9.69. The summed E-state index contributed by atoms with van der Waals surface area (Å²) in [6.07, 6.45) is 3.73. The first-order valence-electron chi connectivity index (χ1n) is 6.62. The number of carbonyl (C=O) groups is 1. The molecule has 2 heterocycles. The van der Waals surface area contributed by atoms with Crippen molar-refractivity contribution in [3.8, 4) is 0 Å². The molecule has 106 valence electrons. The number of hydrogen-bond donors (Lipinski definition) is 2. The standard InChI is InChI=1S/C14H16N2O4/c17-8-10-5-9-7-16(11-1-3-20-4-2-11)15-13(9)6-12(10)14(18)19/h5-7,11,17H,1-4,8H2,(H,18,19). The van der Waals surface area contributed by atoms with Crippen molar-refractivity contribution < 1.29 is 19.7 Å². The van der Waals surface area contributed by atoms with E-state index in [0.717, 1.165) is 31.4 Å². The summed E-state index contributed by atoms with van der Waals surface area (Å²) in [5.41, 5.74) is 1.17. The fourth-order valence-electron chi connectivity index (χ4n) is 2.60. The number of aliphatic hydroxyl groups excluding tert-OH is 1. The lowest BCUT2D eigenvalue weighted by atomic mass is 10.1. The number of hydrogen-bond acceptors (Lipinski definition) is 4. The highest BCUT2D eigenvalue weighted by Crippen LogP contribution is 2.25. The molecule has 2 aromatic rings. The number of ether oxygens (including phenoxy) is 1. The van der Waals surface area contributed by atoms with Crippen LogP contribution in [0.2, 0.25) is 0 Å². The highest BCUT2D eigenvalue weighted by atomic mass is 16.5. The number of benzene rings is 1. The van der Waals surface area contributed by atoms with Gasteiger partial charge >= 0.3 is 5.97 Å². The van der Waals surface area contributed by atoms with Gasteiger partial charge in [-0.3, -0.25) is 4.68 Å². The zero-order valence-corrected chi connectivity index (χ0v) is 11.0. The van der Waals surface area contributed by atoms with Crippen LogP contribution in [0.5, 0.6) is 0 Å². The molecule has 6 nitrogen and oxygen atoms in total. The van der Waals surface area contributed by atoms with Crippen molar-refractivity contribution in [2.45, 2.75) is 25.5 Å². The van der Waals surface area contributed by atoms with Crippen LogP contribution in [0.4, 0.5) is 0 Å². The van der Waals surface area contributed by atoms with Crippen LogP contribution in [-0.4, -0.2) is 39.2 Å². The number of aromatic carboxylic acids is 1. The van der Waals surface area contributed by atoms with Gasteiger partial charge in [-0.25, -0.2) is 4.79 Å². The Kier molecular flexibility index (Phi) is 3.42. The molecule has 1 fully saturated rings. The predicted octanol–water partition coefficient (Wildman–Crippen LogP) is 1.58. The summed E-state index contributed by atoms with van der Waals surface area (Å²) in [5, 5.41) is 23.7. The average Bonchev–Trinajstić information content (AvgIpc) is 2.89. The van der Waals surface area contributed by atoms with E-state index in [1.807, 2.05) is 10.9 Å². The largest absolute Gasteiger partial charge is 0.478 e. The summed E-state index contributed by atoms with van der Waals surface area (Å²) in [6, 6.07) is 3.52. The van der Waals surface area contributed by atoms with E-state index in [1.165, 1.54) is 6.07 Å². The Balaban J connectivity index is 2.03. The maximum absolute atomic E-state index is 11.2. The monoisotopic (exact) mass is 276 g/mol. The van der Waals surface area contributed by atoms with E-state index in [0.29, 0.717) is 17.1 Å². The third-order valence-corrected chi connectivity index (χ3v) is 3.71. The van der Waals surface area contributed by atoms with E-state index in [9.17, 15) is 9.90 Å². The van der Waals surface area contributed by atoms with Crippen molar-refractivity contribution >= 4 is 16.9 Å². The Labute approximate surface area is 115 Å². The molecule has 2 N–H and O–H groups in total. The molecule has 1 aromatic carbocycles. The molecule has 1 aromatic heterocycles. The molecule has 0 radical (unpaired) electrons. The van der Waals surface area contributed by atoms with Gasteiger partial charge in [-0.15, -0.1) is 0 Å². The molecule has 1 aliphatic heterocycles. The summed E-state index contributed by atoms with van der Waals surface area (Å²) in [4.78, 5) is 11.2. The molecular formula is C14H16N2O4. The lowest BCUT2D eigenvalue weighted by molar-refractivity contribution is 0.0664. The van der Waals surface area contributed by atoms with Gasteiger partial charge in [0.1, 0.15) is 0 Å². The van der Waals surface area contributed by atoms with E-state index in [4.69, 9.17) is 9.84 Å². The maximum atomic E-state index is 11.2. The quantitative estimate of drug-likeness (QED) is 0.889. The van der Waals surface area contributed by atoms with Gasteiger partial charge in [0.05, 0.1) is 23.7 Å². The molecule has 1 aliphatic rings. The summed E-state index contributed by atoms with van der Waals surface area (Å²) in [7, 11) is 0. The summed E-state index contributed by atoms with van der Waals surface area (Å²) in [6.45, 7) is 1.16. The number of carboxylic acids is 1. The number of rotatable bonds is 3. The lowest BCUT2D eigenvalue weighted by Crippen LogP contribution is -2.19. The predicted molar refractivity (Wildman–Crippen MR) is 71.7 cm³/mol. The van der Waals surface area contributed by atoms with Crippen molar-refractivity contribution in [3.63, 3.8) is 0 Å². The molecule has 6 heteroatoms. The second-order valence-corrected chi connectivity index (χ2v) is 4.98. The molecule has 0 amide bonds. The SMILES string of the molecule is O=C(O)c1cc2nn(C3CCOCC3)cc2cc1CO. The minimum atomic E-state index is -1.04. The summed E-state index contributed by atoms with van der Waals surface area (Å²) >= 11 is 0. The zero-order valence-electron chi connectivity index (χ0n) is 11.0. The van der Waals surface area contributed by atoms with Crippen LogP contribution < -0.4 is 0 Å². The highest BCUT2D eigenvalue weighted by molar-refractivity contribution is 5.94. The van der Waals surface area contributed by atoms with Gasteiger partial charge < -0.3 is 14.9 Å². The van der Waals surface area contributed by atoms with E-state index in [2.05, 4.69) is 5.10 Å². The number of carboxylic acid groups (broad SMARTS) is 1.